The quantitative estimate of drug-likeness (QED) is 0.0111. The van der Waals surface area contributed by atoms with Crippen molar-refractivity contribution >= 4 is 94.5 Å². The van der Waals surface area contributed by atoms with Gasteiger partial charge in [0.15, 0.2) is 11.7 Å². The van der Waals surface area contributed by atoms with Crippen molar-refractivity contribution in [1.82, 2.24) is 52.2 Å². The van der Waals surface area contributed by atoms with E-state index in [2.05, 4.69) is 69.8 Å². The Labute approximate surface area is 458 Å². The number of hydrogen-bond donors (Lipinski definition) is 18. The van der Waals surface area contributed by atoms with Crippen LogP contribution in [0.15, 0.2) is 48.0 Å². The summed E-state index contributed by atoms with van der Waals surface area (Å²) in [5, 5.41) is 46.8. The molecule has 0 aliphatic heterocycles. The van der Waals surface area contributed by atoms with Gasteiger partial charge in [-0.2, -0.15) is 12.6 Å². The maximum absolute atomic E-state index is 14.5. The first-order valence-electron chi connectivity index (χ1n) is 25.2. The van der Waals surface area contributed by atoms with Crippen molar-refractivity contribution in [2.24, 2.45) is 33.7 Å². The van der Waals surface area contributed by atoms with Gasteiger partial charge in [0, 0.05) is 79.8 Å². The molecule has 0 unspecified atom stereocenters. The molecule has 79 heavy (non-hydrogen) atoms. The molecule has 0 saturated carbocycles. The Balaban J connectivity index is 1.98. The van der Waals surface area contributed by atoms with E-state index >= 15 is 0 Å². The number of amides is 8. The molecule has 30 nitrogen and oxygen atoms in total. The normalized spacial score (nSPS) is 14.1. The number of aliphatic carboxylic acids is 2. The number of benzene rings is 1. The van der Waals surface area contributed by atoms with Crippen molar-refractivity contribution in [1.29, 1.82) is 0 Å². The average Bonchev–Trinajstić information content (AvgIpc) is 4.12. The molecule has 0 saturated heterocycles. The highest BCUT2D eigenvalue weighted by Gasteiger charge is 2.35. The van der Waals surface area contributed by atoms with Gasteiger partial charge in [0.2, 0.25) is 47.3 Å². The minimum absolute atomic E-state index is 0.0246. The molecule has 3 rings (SSSR count). The zero-order chi connectivity index (χ0) is 58.6. The number of carboxylic acid groups (broad SMARTS) is 2. The number of aliphatic imine (C=N–C) groups is 1. The summed E-state index contributed by atoms with van der Waals surface area (Å²) in [6, 6.07) is -4.77. The van der Waals surface area contributed by atoms with Gasteiger partial charge in [0.05, 0.1) is 19.0 Å². The standard InChI is InChI=1S/C48H72N16O14S/c49-16-4-8-30(60-46(77)34(18-25-20-56-29-7-2-1-6-27(25)29)62-44(75)32(12-14-38(51)67)58-41(72)28(50)23-79)42(73)59-31(9-5-17-55-48(52)53)43(74)61-33(13-15-40(70)71)45(76)63-35(19-26-21-54-24-57-26)47(78)64-36(22-65)37(66)10-3-11-39(68)69/h1-2,6-7,20-21,24,28,30-36,56,65,79H,3-5,8-19,22-23,49-50H2,(H2,51,67)(H,54,57)(H,58,72)(H,59,73)(H,60,77)(H,61,74)(H,62,75)(H,63,76)(H,64,78)(H,68,69)(H,70,71)(H4,52,53,55)/t28-,30-,31-,32-,33-,34-,35-,36-/m0/s1. The number of imidazole rings is 1. The van der Waals surface area contributed by atoms with E-state index in [1.165, 1.54) is 12.5 Å². The van der Waals surface area contributed by atoms with Gasteiger partial charge in [-0.25, -0.2) is 4.98 Å². The molecule has 31 heteroatoms. The number of aromatic amines is 2. The van der Waals surface area contributed by atoms with Crippen molar-refractivity contribution in [3.8, 4) is 0 Å². The number of fused-ring (bicyclic) bond motifs is 1. The lowest BCUT2D eigenvalue weighted by atomic mass is 10.0. The largest absolute Gasteiger partial charge is 0.481 e. The Kier molecular flexibility index (Phi) is 27.9. The number of nitrogens with zero attached hydrogens (tertiary/aromatic N) is 2. The molecule has 0 aliphatic carbocycles. The highest BCUT2D eigenvalue weighted by atomic mass is 32.1. The van der Waals surface area contributed by atoms with Crippen molar-refractivity contribution in [2.75, 3.05) is 25.4 Å². The summed E-state index contributed by atoms with van der Waals surface area (Å²) in [5.74, 6) is -11.1. The number of aliphatic hydroxyl groups is 1. The number of hydrogen-bond acceptors (Lipinski definition) is 17. The maximum Gasteiger partial charge on any atom is 0.303 e. The maximum atomic E-state index is 14.5. The highest BCUT2D eigenvalue weighted by Crippen LogP contribution is 2.20. The van der Waals surface area contributed by atoms with Gasteiger partial charge < -0.3 is 91.2 Å². The smallest absolute Gasteiger partial charge is 0.303 e. The lowest BCUT2D eigenvalue weighted by Crippen LogP contribution is -2.60. The molecule has 2 heterocycles. The van der Waals surface area contributed by atoms with E-state index in [0.29, 0.717) is 22.2 Å². The molecule has 0 aliphatic rings. The second-order valence-corrected chi connectivity index (χ2v) is 18.6. The number of carbonyl (C=O) groups excluding carboxylic acids is 9. The minimum Gasteiger partial charge on any atom is -0.481 e. The molecule has 0 spiro atoms. The molecule has 0 fully saturated rings. The Morgan fingerprint density at radius 2 is 1.11 bits per heavy atom. The number of nitrogens with two attached hydrogens (primary N) is 5. The predicted octanol–water partition coefficient (Wildman–Crippen LogP) is -4.93. The van der Waals surface area contributed by atoms with Crippen LogP contribution in [0.5, 0.6) is 0 Å². The van der Waals surface area contributed by atoms with E-state index in [9.17, 15) is 63.0 Å². The van der Waals surface area contributed by atoms with Crippen molar-refractivity contribution in [3.05, 3.63) is 54.2 Å². The van der Waals surface area contributed by atoms with Crippen LogP contribution < -0.4 is 65.9 Å². The molecule has 2 aromatic heterocycles. The third kappa shape index (κ3) is 23.1. The molecular formula is C48H72N16O14S. The summed E-state index contributed by atoms with van der Waals surface area (Å²) in [6.45, 7) is -0.921. The summed E-state index contributed by atoms with van der Waals surface area (Å²) >= 11 is 4.03. The molecule has 0 bridgehead atoms. The van der Waals surface area contributed by atoms with Crippen LogP contribution in [0.2, 0.25) is 0 Å². The van der Waals surface area contributed by atoms with E-state index in [1.54, 1.807) is 30.5 Å². The van der Waals surface area contributed by atoms with Gasteiger partial charge in [-0.3, -0.25) is 57.7 Å². The van der Waals surface area contributed by atoms with Gasteiger partial charge in [-0.05, 0) is 63.1 Å². The van der Waals surface area contributed by atoms with Crippen LogP contribution in [0.1, 0.15) is 81.9 Å². The second kappa shape index (κ2) is 33.9. The van der Waals surface area contributed by atoms with Gasteiger partial charge >= 0.3 is 11.9 Å². The van der Waals surface area contributed by atoms with E-state index < -0.39 is 133 Å². The monoisotopic (exact) mass is 1130 g/mol. The van der Waals surface area contributed by atoms with E-state index in [4.69, 9.17) is 33.8 Å². The zero-order valence-electron chi connectivity index (χ0n) is 43.2. The fourth-order valence-corrected chi connectivity index (χ4v) is 7.99. The molecule has 1 aromatic carbocycles. The minimum atomic E-state index is -1.71. The Morgan fingerprint density at radius 1 is 0.608 bits per heavy atom. The first-order chi connectivity index (χ1) is 37.6. The highest BCUT2D eigenvalue weighted by molar-refractivity contribution is 7.80. The van der Waals surface area contributed by atoms with Crippen LogP contribution in [0.25, 0.3) is 10.9 Å². The lowest BCUT2D eigenvalue weighted by molar-refractivity contribution is -0.139. The fourth-order valence-electron chi connectivity index (χ4n) is 7.82. The van der Waals surface area contributed by atoms with E-state index in [0.717, 1.165) is 0 Å². The van der Waals surface area contributed by atoms with Crippen LogP contribution in [0.4, 0.5) is 0 Å². The van der Waals surface area contributed by atoms with Gasteiger partial charge in [-0.1, -0.05) is 18.2 Å². The molecule has 3 aromatic rings. The number of carbonyl (C=O) groups is 11. The summed E-state index contributed by atoms with van der Waals surface area (Å²) in [7, 11) is 0. The van der Waals surface area contributed by atoms with Crippen LogP contribution in [-0.4, -0.2) is 175 Å². The number of ketones is 1. The number of H-pyrrole nitrogens is 2. The number of rotatable bonds is 38. The van der Waals surface area contributed by atoms with Crippen LogP contribution in [0, 0.1) is 0 Å². The number of guanidine groups is 1. The Morgan fingerprint density at radius 3 is 1.63 bits per heavy atom. The molecule has 22 N–H and O–H groups in total. The van der Waals surface area contributed by atoms with Crippen molar-refractivity contribution in [3.63, 3.8) is 0 Å². The number of carboxylic acids is 2. The Hall–Kier alpha value is -8.16. The predicted molar refractivity (Wildman–Crippen MR) is 287 cm³/mol. The summed E-state index contributed by atoms with van der Waals surface area (Å²) in [6.07, 6.45) is 0.885. The van der Waals surface area contributed by atoms with Crippen LogP contribution in [-0.2, 0) is 65.6 Å². The molecule has 8 atom stereocenters. The SMILES string of the molecule is NCCC[C@H](NC(=O)[C@H](Cc1c[nH]c2ccccc12)NC(=O)[C@H](CCC(N)=O)NC(=O)[C@@H](N)CS)C(=O)N[C@@H](CCCN=C(N)N)C(=O)N[C@@H](CCC(=O)O)C(=O)N[C@@H](Cc1cnc[nH]1)C(=O)N[C@@H](CO)C(=O)CCCC(=O)O. The number of Topliss-reactive ketones (excluding diaryl/α,β-unsaturated/α-hetero) is 1. The first kappa shape index (κ1) is 65.1. The number of aromatic nitrogens is 3. The lowest BCUT2D eigenvalue weighted by Gasteiger charge is -2.28. The van der Waals surface area contributed by atoms with Crippen LogP contribution in [0.3, 0.4) is 0 Å². The fraction of sp³-hybridized carbons (Fsp3) is 0.521. The zero-order valence-corrected chi connectivity index (χ0v) is 44.1. The van der Waals surface area contributed by atoms with Gasteiger partial charge in [0.1, 0.15) is 42.3 Å². The number of primary amides is 1. The summed E-state index contributed by atoms with van der Waals surface area (Å²) in [4.78, 5) is 159. The van der Waals surface area contributed by atoms with Crippen LogP contribution >= 0.6 is 12.6 Å². The Bertz CT molecular complexity index is 2590. The van der Waals surface area contributed by atoms with Crippen molar-refractivity contribution in [2.45, 2.75) is 132 Å². The molecule has 8 amide bonds. The summed E-state index contributed by atoms with van der Waals surface area (Å²) in [5.41, 5.74) is 29.6. The van der Waals surface area contributed by atoms with Gasteiger partial charge in [-0.15, -0.1) is 0 Å². The third-order valence-corrected chi connectivity index (χ3v) is 12.5. The topological polar surface area (TPSA) is 520 Å². The number of nitrogens with one attached hydrogen (secondary N) is 9. The molecule has 434 valence electrons. The summed E-state index contributed by atoms with van der Waals surface area (Å²) < 4.78 is 0. The van der Waals surface area contributed by atoms with E-state index in [-0.39, 0.29) is 95.4 Å². The number of para-hydroxylation sites is 1. The van der Waals surface area contributed by atoms with Gasteiger partial charge in [0.25, 0.3) is 0 Å². The second-order valence-electron chi connectivity index (χ2n) is 18.3. The number of aliphatic hydroxyl groups excluding tert-OH is 1. The molecule has 0 radical (unpaired) electrons. The average molecular weight is 1130 g/mol. The molecular weight excluding hydrogens is 1060 g/mol. The van der Waals surface area contributed by atoms with Crippen molar-refractivity contribution < 1.29 is 68.1 Å². The van der Waals surface area contributed by atoms with E-state index in [1.807, 2.05) is 0 Å². The third-order valence-electron chi connectivity index (χ3n) is 12.1. The first-order valence-corrected chi connectivity index (χ1v) is 25.8. The number of thiol groups is 1.